The van der Waals surface area contributed by atoms with E-state index in [0.29, 0.717) is 0 Å². The van der Waals surface area contributed by atoms with E-state index in [1.165, 1.54) is 10.4 Å². The van der Waals surface area contributed by atoms with Crippen LogP contribution in [-0.4, -0.2) is 26.4 Å². The summed E-state index contributed by atoms with van der Waals surface area (Å²) < 4.78 is 1.89. The first kappa shape index (κ1) is 13.7. The Hall–Kier alpha value is -1.95. The van der Waals surface area contributed by atoms with Gasteiger partial charge < -0.3 is 4.90 Å². The number of rotatable bonds is 1. The lowest BCUT2D eigenvalue weighted by atomic mass is 9.96. The van der Waals surface area contributed by atoms with Crippen molar-refractivity contribution in [2.24, 2.45) is 0 Å². The molecule has 3 aromatic heterocycles. The Morgan fingerprint density at radius 1 is 1.14 bits per heavy atom. The topological polar surface area (TPSA) is 46.3 Å². The molecular weight excluding hydrogens is 294 g/mol. The van der Waals surface area contributed by atoms with Crippen molar-refractivity contribution in [1.82, 2.24) is 19.8 Å². The first-order chi connectivity index (χ1) is 10.5. The van der Waals surface area contributed by atoms with E-state index in [0.717, 1.165) is 36.8 Å². The fourth-order valence-corrected chi connectivity index (χ4v) is 3.75. The van der Waals surface area contributed by atoms with Crippen molar-refractivity contribution in [3.05, 3.63) is 39.8 Å². The van der Waals surface area contributed by atoms with Gasteiger partial charge in [0.25, 0.3) is 0 Å². The molecule has 0 spiro atoms. The third-order valence-electron chi connectivity index (χ3n) is 4.05. The lowest BCUT2D eigenvalue weighted by Crippen LogP contribution is -2.30. The van der Waals surface area contributed by atoms with Gasteiger partial charge in [-0.05, 0) is 35.6 Å². The Labute approximate surface area is 133 Å². The number of hydrogen-bond donors (Lipinski definition) is 0. The zero-order valence-corrected chi connectivity index (χ0v) is 13.9. The number of fused-ring (bicyclic) bond motifs is 2. The van der Waals surface area contributed by atoms with E-state index in [9.17, 15) is 0 Å². The average molecular weight is 313 g/mol. The Bertz CT molecular complexity index is 827. The lowest BCUT2D eigenvalue weighted by molar-refractivity contribution is 0.526. The summed E-state index contributed by atoms with van der Waals surface area (Å²) >= 11 is 1.86. The van der Waals surface area contributed by atoms with Gasteiger partial charge in [-0.2, -0.15) is 4.52 Å². The summed E-state index contributed by atoms with van der Waals surface area (Å²) in [7, 11) is 0. The molecule has 1 aliphatic rings. The van der Waals surface area contributed by atoms with Gasteiger partial charge in [-0.15, -0.1) is 26.6 Å². The third kappa shape index (κ3) is 2.18. The molecule has 0 aliphatic carbocycles. The predicted octanol–water partition coefficient (Wildman–Crippen LogP) is 3.05. The SMILES string of the molecule is CC(C)(C)c1nnc2ccc(N3CCc4sccc4C3)nn12. The highest BCUT2D eigenvalue weighted by molar-refractivity contribution is 7.10. The minimum Gasteiger partial charge on any atom is -0.350 e. The van der Waals surface area contributed by atoms with Crippen LogP contribution in [0, 0.1) is 0 Å². The molecule has 0 atom stereocenters. The van der Waals surface area contributed by atoms with Crippen LogP contribution in [-0.2, 0) is 18.4 Å². The molecule has 0 radical (unpaired) electrons. The van der Waals surface area contributed by atoms with E-state index in [2.05, 4.69) is 47.3 Å². The summed E-state index contributed by atoms with van der Waals surface area (Å²) in [4.78, 5) is 3.85. The molecule has 1 aliphatic heterocycles. The second-order valence-corrected chi connectivity index (χ2v) is 7.78. The van der Waals surface area contributed by atoms with E-state index in [1.54, 1.807) is 0 Å². The number of thiophene rings is 1. The first-order valence-electron chi connectivity index (χ1n) is 7.55. The van der Waals surface area contributed by atoms with Crippen LogP contribution in [0.4, 0.5) is 5.82 Å². The van der Waals surface area contributed by atoms with Gasteiger partial charge >= 0.3 is 0 Å². The predicted molar refractivity (Wildman–Crippen MR) is 88.6 cm³/mol. The van der Waals surface area contributed by atoms with Crippen LogP contribution >= 0.6 is 11.3 Å². The van der Waals surface area contributed by atoms with E-state index < -0.39 is 0 Å². The molecule has 0 fully saturated rings. The molecular formula is C16H19N5S. The van der Waals surface area contributed by atoms with Crippen LogP contribution in [0.15, 0.2) is 23.6 Å². The zero-order chi connectivity index (χ0) is 15.3. The van der Waals surface area contributed by atoms with Crippen LogP contribution in [0.2, 0.25) is 0 Å². The molecule has 4 rings (SSSR count). The minimum atomic E-state index is -0.0759. The normalized spacial score (nSPS) is 15.3. The molecule has 114 valence electrons. The Morgan fingerprint density at radius 2 is 2.00 bits per heavy atom. The Balaban J connectivity index is 1.74. The number of anilines is 1. The van der Waals surface area contributed by atoms with Crippen LogP contribution < -0.4 is 4.90 Å². The van der Waals surface area contributed by atoms with Crippen molar-refractivity contribution in [2.45, 2.75) is 39.2 Å². The molecule has 0 saturated carbocycles. The van der Waals surface area contributed by atoms with E-state index in [4.69, 9.17) is 5.10 Å². The Kier molecular flexibility index (Phi) is 2.97. The highest BCUT2D eigenvalue weighted by Gasteiger charge is 2.23. The molecule has 0 N–H and O–H groups in total. The standard InChI is InChI=1S/C16H19N5S/c1-16(2,3)15-18-17-13-4-5-14(19-21(13)15)20-8-6-12-11(10-20)7-9-22-12/h4-5,7,9H,6,8,10H2,1-3H3. The molecule has 0 bridgehead atoms. The molecule has 0 aromatic carbocycles. The maximum atomic E-state index is 4.80. The molecule has 5 nitrogen and oxygen atoms in total. The molecule has 6 heteroatoms. The van der Waals surface area contributed by atoms with Crippen molar-refractivity contribution in [3.63, 3.8) is 0 Å². The van der Waals surface area contributed by atoms with Gasteiger partial charge in [-0.25, -0.2) is 0 Å². The number of nitrogens with zero attached hydrogens (tertiary/aromatic N) is 5. The molecule has 0 saturated heterocycles. The maximum Gasteiger partial charge on any atom is 0.178 e. The van der Waals surface area contributed by atoms with Crippen molar-refractivity contribution < 1.29 is 0 Å². The van der Waals surface area contributed by atoms with Gasteiger partial charge in [0.05, 0.1) is 0 Å². The summed E-state index contributed by atoms with van der Waals surface area (Å²) in [5.41, 5.74) is 2.16. The van der Waals surface area contributed by atoms with E-state index >= 15 is 0 Å². The van der Waals surface area contributed by atoms with Gasteiger partial charge in [-0.3, -0.25) is 0 Å². The molecule has 3 aromatic rings. The van der Waals surface area contributed by atoms with Crippen LogP contribution in [0.3, 0.4) is 0 Å². The van der Waals surface area contributed by atoms with Crippen molar-refractivity contribution in [3.8, 4) is 0 Å². The highest BCUT2D eigenvalue weighted by Crippen LogP contribution is 2.27. The van der Waals surface area contributed by atoms with Crippen LogP contribution in [0.5, 0.6) is 0 Å². The summed E-state index contributed by atoms with van der Waals surface area (Å²) in [6.45, 7) is 8.35. The van der Waals surface area contributed by atoms with Crippen LogP contribution in [0.25, 0.3) is 5.65 Å². The quantitative estimate of drug-likeness (QED) is 0.693. The third-order valence-corrected chi connectivity index (χ3v) is 5.07. The van der Waals surface area contributed by atoms with Crippen molar-refractivity contribution >= 4 is 22.8 Å². The van der Waals surface area contributed by atoms with Crippen molar-refractivity contribution in [1.29, 1.82) is 0 Å². The van der Waals surface area contributed by atoms with Gasteiger partial charge in [0.15, 0.2) is 11.5 Å². The van der Waals surface area contributed by atoms with E-state index in [1.807, 2.05) is 28.0 Å². The number of aromatic nitrogens is 4. The van der Waals surface area contributed by atoms with Gasteiger partial charge in [-0.1, -0.05) is 20.8 Å². The van der Waals surface area contributed by atoms with Gasteiger partial charge in [0.1, 0.15) is 5.82 Å². The number of hydrogen-bond acceptors (Lipinski definition) is 5. The second-order valence-electron chi connectivity index (χ2n) is 6.78. The second kappa shape index (κ2) is 4.78. The maximum absolute atomic E-state index is 4.80. The monoisotopic (exact) mass is 313 g/mol. The molecule has 0 amide bonds. The van der Waals surface area contributed by atoms with Crippen molar-refractivity contribution in [2.75, 3.05) is 11.4 Å². The molecule has 4 heterocycles. The first-order valence-corrected chi connectivity index (χ1v) is 8.43. The van der Waals surface area contributed by atoms with Crippen LogP contribution in [0.1, 0.15) is 37.0 Å². The van der Waals surface area contributed by atoms with E-state index in [-0.39, 0.29) is 5.41 Å². The largest absolute Gasteiger partial charge is 0.350 e. The Morgan fingerprint density at radius 3 is 2.82 bits per heavy atom. The summed E-state index contributed by atoms with van der Waals surface area (Å²) in [6, 6.07) is 6.28. The van der Waals surface area contributed by atoms with Gasteiger partial charge in [0.2, 0.25) is 0 Å². The van der Waals surface area contributed by atoms with Gasteiger partial charge in [0, 0.05) is 23.4 Å². The summed E-state index contributed by atoms with van der Waals surface area (Å²) in [6.07, 6.45) is 1.10. The fraction of sp³-hybridized carbons (Fsp3) is 0.438. The smallest absolute Gasteiger partial charge is 0.178 e. The molecule has 22 heavy (non-hydrogen) atoms. The lowest BCUT2D eigenvalue weighted by Gasteiger charge is -2.28. The average Bonchev–Trinajstić information content (AvgIpc) is 3.11. The minimum absolute atomic E-state index is 0.0759. The molecule has 0 unspecified atom stereocenters. The highest BCUT2D eigenvalue weighted by atomic mass is 32.1. The zero-order valence-electron chi connectivity index (χ0n) is 13.1. The fourth-order valence-electron chi connectivity index (χ4n) is 2.86. The summed E-state index contributed by atoms with van der Waals surface area (Å²) in [5.74, 6) is 1.90. The summed E-state index contributed by atoms with van der Waals surface area (Å²) in [5, 5.41) is 15.5.